The Balaban J connectivity index is 1.66. The lowest BCUT2D eigenvalue weighted by molar-refractivity contribution is -0.149. The quantitative estimate of drug-likeness (QED) is 0.240. The Morgan fingerprint density at radius 1 is 1.05 bits per heavy atom. The summed E-state index contributed by atoms with van der Waals surface area (Å²) in [5.74, 6) is 0.425. The van der Waals surface area contributed by atoms with Crippen molar-refractivity contribution in [2.24, 2.45) is 0 Å². The summed E-state index contributed by atoms with van der Waals surface area (Å²) >= 11 is 0. The van der Waals surface area contributed by atoms with E-state index in [2.05, 4.69) is 20.3 Å². The molecular formula is C29H31F3N6O4. The van der Waals surface area contributed by atoms with Gasteiger partial charge < -0.3 is 20.1 Å². The Bertz CT molecular complexity index is 1600. The van der Waals surface area contributed by atoms with E-state index in [4.69, 9.17) is 9.47 Å². The van der Waals surface area contributed by atoms with Crippen molar-refractivity contribution < 1.29 is 32.2 Å². The summed E-state index contributed by atoms with van der Waals surface area (Å²) in [6.45, 7) is 7.67. The minimum absolute atomic E-state index is 0.193. The van der Waals surface area contributed by atoms with Gasteiger partial charge in [-0.05, 0) is 65.0 Å². The molecule has 42 heavy (non-hydrogen) atoms. The van der Waals surface area contributed by atoms with E-state index in [1.807, 2.05) is 13.8 Å². The van der Waals surface area contributed by atoms with Crippen molar-refractivity contribution in [1.82, 2.24) is 24.7 Å². The van der Waals surface area contributed by atoms with E-state index in [1.165, 1.54) is 6.07 Å². The molecule has 0 unspecified atom stereocenters. The summed E-state index contributed by atoms with van der Waals surface area (Å²) in [5, 5.41) is 4.22. The average molecular weight is 585 g/mol. The number of pyridine rings is 1. The van der Waals surface area contributed by atoms with Gasteiger partial charge in [-0.3, -0.25) is 9.20 Å². The van der Waals surface area contributed by atoms with Crippen molar-refractivity contribution in [2.75, 3.05) is 18.5 Å². The number of hydrogen-bond acceptors (Lipinski definition) is 7. The van der Waals surface area contributed by atoms with Gasteiger partial charge in [-0.2, -0.15) is 13.2 Å². The number of halogens is 3. The highest BCUT2D eigenvalue weighted by molar-refractivity contribution is 5.90. The first-order chi connectivity index (χ1) is 19.8. The zero-order chi connectivity index (χ0) is 30.7. The van der Waals surface area contributed by atoms with Crippen molar-refractivity contribution >= 4 is 23.3 Å². The summed E-state index contributed by atoms with van der Waals surface area (Å²) in [6.07, 6.45) is 0.256. The summed E-state index contributed by atoms with van der Waals surface area (Å²) in [5.41, 5.74) is 2.25. The molecule has 2 amide bonds. The number of urea groups is 1. The predicted octanol–water partition coefficient (Wildman–Crippen LogP) is 5.77. The Kier molecular flexibility index (Phi) is 8.69. The largest absolute Gasteiger partial charge is 0.491 e. The number of carbonyl (C=O) groups is 2. The average Bonchev–Trinajstić information content (AvgIpc) is 3.35. The van der Waals surface area contributed by atoms with E-state index in [0.717, 1.165) is 0 Å². The van der Waals surface area contributed by atoms with Gasteiger partial charge >= 0.3 is 18.2 Å². The zero-order valence-corrected chi connectivity index (χ0v) is 23.7. The third kappa shape index (κ3) is 7.14. The first kappa shape index (κ1) is 30.3. The number of anilines is 1. The molecular weight excluding hydrogens is 553 g/mol. The van der Waals surface area contributed by atoms with E-state index in [1.54, 1.807) is 79.4 Å². The molecule has 0 saturated carbocycles. The van der Waals surface area contributed by atoms with Crippen LogP contribution < -0.4 is 15.4 Å². The van der Waals surface area contributed by atoms with Gasteiger partial charge in [0, 0.05) is 35.3 Å². The number of alkyl halides is 3. The molecule has 0 aliphatic carbocycles. The predicted molar refractivity (Wildman–Crippen MR) is 150 cm³/mol. The number of carbonyl (C=O) groups excluding carboxylic acids is 2. The molecule has 2 N–H and O–H groups in total. The van der Waals surface area contributed by atoms with Crippen LogP contribution in [0.2, 0.25) is 0 Å². The van der Waals surface area contributed by atoms with E-state index in [0.29, 0.717) is 39.7 Å². The van der Waals surface area contributed by atoms with E-state index in [9.17, 15) is 22.8 Å². The maximum atomic E-state index is 12.5. The molecule has 0 saturated heterocycles. The Morgan fingerprint density at radius 3 is 2.50 bits per heavy atom. The standard InChI is InChI=1S/C29H31F3N6O4/c1-6-41-26(39)28(4,5)23-7-9-33-25(37-23)18-8-10-38-22(15-34-24(38)13-18)19-11-20(14-21(12-19)42-17(2)3)36-27(40)35-16-29(30,31)32/h7-15,17H,6,16H2,1-5H3,(H2,35,36,40). The maximum Gasteiger partial charge on any atom is 0.405 e. The van der Waals surface area contributed by atoms with Crippen LogP contribution in [0.4, 0.5) is 23.7 Å². The monoisotopic (exact) mass is 584 g/mol. The third-order valence-electron chi connectivity index (χ3n) is 6.13. The Hall–Kier alpha value is -4.68. The molecule has 1 aromatic carbocycles. The second kappa shape index (κ2) is 12.0. The Labute approximate surface area is 240 Å². The Morgan fingerprint density at radius 2 is 1.81 bits per heavy atom. The number of aromatic nitrogens is 4. The smallest absolute Gasteiger partial charge is 0.405 e. The van der Waals surface area contributed by atoms with Crippen LogP contribution in [0.1, 0.15) is 40.3 Å². The summed E-state index contributed by atoms with van der Waals surface area (Å²) in [6, 6.07) is 9.15. The van der Waals surface area contributed by atoms with Crippen LogP contribution in [0.15, 0.2) is 55.0 Å². The van der Waals surface area contributed by atoms with Gasteiger partial charge in [0.05, 0.1) is 30.3 Å². The molecule has 4 rings (SSSR count). The molecule has 0 aliphatic rings. The fourth-order valence-corrected chi connectivity index (χ4v) is 4.11. The number of imidazole rings is 1. The minimum atomic E-state index is -4.54. The van der Waals surface area contributed by atoms with Crippen molar-refractivity contribution in [3.63, 3.8) is 0 Å². The lowest BCUT2D eigenvalue weighted by atomic mass is 9.89. The lowest BCUT2D eigenvalue weighted by Crippen LogP contribution is -2.36. The number of fused-ring (bicyclic) bond motifs is 1. The molecule has 0 atom stereocenters. The summed E-state index contributed by atoms with van der Waals surface area (Å²) in [7, 11) is 0. The molecule has 3 heterocycles. The van der Waals surface area contributed by atoms with Crippen molar-refractivity contribution in [3.05, 3.63) is 60.7 Å². The molecule has 0 spiro atoms. The lowest BCUT2D eigenvalue weighted by Gasteiger charge is -2.21. The number of ether oxygens (including phenoxy) is 2. The maximum absolute atomic E-state index is 12.5. The van der Waals surface area contributed by atoms with Gasteiger partial charge in [0.2, 0.25) is 0 Å². The topological polar surface area (TPSA) is 120 Å². The fraction of sp³-hybridized carbons (Fsp3) is 0.345. The minimum Gasteiger partial charge on any atom is -0.491 e. The van der Waals surface area contributed by atoms with Gasteiger partial charge in [-0.25, -0.2) is 19.7 Å². The van der Waals surface area contributed by atoms with Crippen LogP contribution in [-0.4, -0.2) is 56.8 Å². The number of nitrogens with one attached hydrogen (secondary N) is 2. The number of rotatable bonds is 9. The fourth-order valence-electron chi connectivity index (χ4n) is 4.11. The number of benzene rings is 1. The molecule has 222 valence electrons. The summed E-state index contributed by atoms with van der Waals surface area (Å²) < 4.78 is 50.4. The summed E-state index contributed by atoms with van der Waals surface area (Å²) in [4.78, 5) is 38.1. The van der Waals surface area contributed by atoms with E-state index in [-0.39, 0.29) is 18.4 Å². The van der Waals surface area contributed by atoms with Crippen molar-refractivity contribution in [1.29, 1.82) is 0 Å². The van der Waals surface area contributed by atoms with Crippen LogP contribution in [0.25, 0.3) is 28.3 Å². The van der Waals surface area contributed by atoms with Gasteiger partial charge in [0.1, 0.15) is 23.4 Å². The van der Waals surface area contributed by atoms with Gasteiger partial charge in [-0.1, -0.05) is 0 Å². The van der Waals surface area contributed by atoms with Gasteiger partial charge in [-0.15, -0.1) is 0 Å². The molecule has 10 nitrogen and oxygen atoms in total. The SMILES string of the molecule is CCOC(=O)C(C)(C)c1ccnc(-c2ccn3c(-c4cc(NC(=O)NCC(F)(F)F)cc(OC(C)C)c4)cnc3c2)n1. The molecule has 3 aromatic heterocycles. The highest BCUT2D eigenvalue weighted by atomic mass is 19.4. The van der Waals surface area contributed by atoms with Crippen molar-refractivity contribution in [3.8, 4) is 28.4 Å². The number of amides is 2. The highest BCUT2D eigenvalue weighted by Gasteiger charge is 2.33. The van der Waals surface area contributed by atoms with Crippen LogP contribution in [0, 0.1) is 0 Å². The normalized spacial score (nSPS) is 11.9. The number of hydrogen-bond donors (Lipinski definition) is 2. The third-order valence-corrected chi connectivity index (χ3v) is 6.13. The van der Waals surface area contributed by atoms with Crippen LogP contribution in [0.3, 0.4) is 0 Å². The molecule has 0 bridgehead atoms. The molecule has 0 aliphatic heterocycles. The molecule has 0 radical (unpaired) electrons. The van der Waals surface area contributed by atoms with Gasteiger partial charge in [0.25, 0.3) is 0 Å². The number of nitrogens with zero attached hydrogens (tertiary/aromatic N) is 4. The van der Waals surface area contributed by atoms with E-state index < -0.39 is 30.1 Å². The van der Waals surface area contributed by atoms with Crippen molar-refractivity contribution in [2.45, 2.75) is 52.3 Å². The van der Waals surface area contributed by atoms with Gasteiger partial charge in [0.15, 0.2) is 5.82 Å². The first-order valence-corrected chi connectivity index (χ1v) is 13.2. The van der Waals surface area contributed by atoms with E-state index >= 15 is 0 Å². The second-order valence-electron chi connectivity index (χ2n) is 10.2. The zero-order valence-electron chi connectivity index (χ0n) is 23.7. The van der Waals surface area contributed by atoms with Crippen LogP contribution >= 0.6 is 0 Å². The highest BCUT2D eigenvalue weighted by Crippen LogP contribution is 2.31. The van der Waals surface area contributed by atoms with Crippen LogP contribution in [-0.2, 0) is 14.9 Å². The first-order valence-electron chi connectivity index (χ1n) is 13.2. The molecule has 0 fully saturated rings. The molecule has 4 aromatic rings. The van der Waals surface area contributed by atoms with Crippen LogP contribution in [0.5, 0.6) is 5.75 Å². The second-order valence-corrected chi connectivity index (χ2v) is 10.2. The number of esters is 1. The molecule has 13 heteroatoms.